The van der Waals surface area contributed by atoms with Crippen LogP contribution in [0.5, 0.6) is 0 Å². The van der Waals surface area contributed by atoms with Crippen LogP contribution in [0.2, 0.25) is 5.22 Å². The summed E-state index contributed by atoms with van der Waals surface area (Å²) in [6, 6.07) is 9.63. The number of rotatable bonds is 3. The molecule has 1 unspecified atom stereocenters. The molecule has 0 spiro atoms. The van der Waals surface area contributed by atoms with E-state index >= 15 is 0 Å². The van der Waals surface area contributed by atoms with Gasteiger partial charge in [-0.05, 0) is 43.1 Å². The number of aryl methyl sites for hydroxylation is 2. The Hall–Kier alpha value is -1.29. The smallest absolute Gasteiger partial charge is 0.193 e. The third-order valence-electron chi connectivity index (χ3n) is 2.62. The molecule has 0 bridgehead atoms. The zero-order valence-corrected chi connectivity index (χ0v) is 10.6. The van der Waals surface area contributed by atoms with Crippen LogP contribution in [0.15, 0.2) is 34.7 Å². The van der Waals surface area contributed by atoms with E-state index in [9.17, 15) is 0 Å². The summed E-state index contributed by atoms with van der Waals surface area (Å²) < 4.78 is 5.39. The average Bonchev–Trinajstić information content (AvgIpc) is 2.64. The zero-order chi connectivity index (χ0) is 12.4. The SMILES string of the molecule is Cc1cc(C)cc(C(NN)c2ccc(Cl)o2)c1. The number of hydrogen-bond donors (Lipinski definition) is 2. The molecule has 1 heterocycles. The first-order valence-electron chi connectivity index (χ1n) is 5.39. The van der Waals surface area contributed by atoms with Crippen molar-refractivity contribution in [3.63, 3.8) is 0 Å². The number of benzene rings is 1. The summed E-state index contributed by atoms with van der Waals surface area (Å²) in [4.78, 5) is 0. The number of furan rings is 1. The molecule has 3 nitrogen and oxygen atoms in total. The molecule has 1 aromatic heterocycles. The topological polar surface area (TPSA) is 51.2 Å². The van der Waals surface area contributed by atoms with Crippen LogP contribution in [0.3, 0.4) is 0 Å². The fraction of sp³-hybridized carbons (Fsp3) is 0.231. The van der Waals surface area contributed by atoms with Gasteiger partial charge in [-0.25, -0.2) is 5.43 Å². The predicted molar refractivity (Wildman–Crippen MR) is 68.8 cm³/mol. The summed E-state index contributed by atoms with van der Waals surface area (Å²) in [7, 11) is 0. The van der Waals surface area contributed by atoms with Gasteiger partial charge in [-0.3, -0.25) is 5.84 Å². The quantitative estimate of drug-likeness (QED) is 0.650. The van der Waals surface area contributed by atoms with E-state index in [1.807, 2.05) is 6.07 Å². The molecule has 0 radical (unpaired) electrons. The second-order valence-corrected chi connectivity index (χ2v) is 4.54. The van der Waals surface area contributed by atoms with Crippen molar-refractivity contribution in [2.24, 2.45) is 5.84 Å². The molecule has 17 heavy (non-hydrogen) atoms. The number of nitrogens with two attached hydrogens (primary N) is 1. The van der Waals surface area contributed by atoms with Gasteiger partial charge in [0, 0.05) is 0 Å². The first-order valence-corrected chi connectivity index (χ1v) is 5.77. The minimum atomic E-state index is -0.180. The highest BCUT2D eigenvalue weighted by atomic mass is 35.5. The minimum Gasteiger partial charge on any atom is -0.448 e. The summed E-state index contributed by atoms with van der Waals surface area (Å²) in [5.74, 6) is 6.30. The van der Waals surface area contributed by atoms with Crippen LogP contribution >= 0.6 is 11.6 Å². The third kappa shape index (κ3) is 2.69. The summed E-state index contributed by atoms with van der Waals surface area (Å²) >= 11 is 5.78. The highest BCUT2D eigenvalue weighted by Crippen LogP contribution is 2.26. The Labute approximate surface area is 106 Å². The predicted octanol–water partition coefficient (Wildman–Crippen LogP) is 3.10. The van der Waals surface area contributed by atoms with E-state index in [2.05, 4.69) is 37.5 Å². The van der Waals surface area contributed by atoms with Crippen molar-refractivity contribution in [3.8, 4) is 0 Å². The van der Waals surface area contributed by atoms with Gasteiger partial charge >= 0.3 is 0 Å². The molecule has 2 aromatic rings. The van der Waals surface area contributed by atoms with Gasteiger partial charge in [-0.2, -0.15) is 0 Å². The number of hydrazine groups is 1. The van der Waals surface area contributed by atoms with Gasteiger partial charge < -0.3 is 4.42 Å². The van der Waals surface area contributed by atoms with E-state index in [-0.39, 0.29) is 6.04 Å². The second kappa shape index (κ2) is 4.92. The molecule has 4 heteroatoms. The van der Waals surface area contributed by atoms with Gasteiger partial charge in [0.05, 0.1) is 0 Å². The lowest BCUT2D eigenvalue weighted by atomic mass is 10.0. The van der Waals surface area contributed by atoms with E-state index in [1.54, 1.807) is 6.07 Å². The van der Waals surface area contributed by atoms with Crippen LogP contribution in [0, 0.1) is 13.8 Å². The first-order chi connectivity index (χ1) is 8.10. The van der Waals surface area contributed by atoms with E-state index in [4.69, 9.17) is 21.9 Å². The van der Waals surface area contributed by atoms with Gasteiger partial charge in [-0.1, -0.05) is 29.3 Å². The molecule has 3 N–H and O–H groups in total. The molecule has 0 fully saturated rings. The van der Waals surface area contributed by atoms with Crippen molar-refractivity contribution < 1.29 is 4.42 Å². The Bertz CT molecular complexity index is 502. The maximum atomic E-state index is 5.78. The first kappa shape index (κ1) is 12.2. The average molecular weight is 251 g/mol. The molecule has 0 aliphatic rings. The molecule has 0 aliphatic carbocycles. The van der Waals surface area contributed by atoms with E-state index in [1.165, 1.54) is 11.1 Å². The summed E-state index contributed by atoms with van der Waals surface area (Å²) in [5.41, 5.74) is 6.20. The van der Waals surface area contributed by atoms with E-state index in [0.717, 1.165) is 5.56 Å². The molecule has 0 amide bonds. The molecule has 1 atom stereocenters. The molecule has 90 valence electrons. The van der Waals surface area contributed by atoms with Crippen molar-refractivity contribution in [1.82, 2.24) is 5.43 Å². The highest BCUT2D eigenvalue weighted by molar-refractivity contribution is 6.28. The zero-order valence-electron chi connectivity index (χ0n) is 9.83. The number of halogens is 1. The van der Waals surface area contributed by atoms with Crippen LogP contribution in [0.4, 0.5) is 0 Å². The molecule has 0 saturated heterocycles. The molecule has 0 saturated carbocycles. The van der Waals surface area contributed by atoms with Gasteiger partial charge in [-0.15, -0.1) is 0 Å². The number of nitrogens with one attached hydrogen (secondary N) is 1. The van der Waals surface area contributed by atoms with Gasteiger partial charge in [0.2, 0.25) is 0 Å². The van der Waals surface area contributed by atoms with Crippen LogP contribution in [0.1, 0.15) is 28.5 Å². The Morgan fingerprint density at radius 2 is 1.82 bits per heavy atom. The fourth-order valence-corrected chi connectivity index (χ4v) is 2.15. The molecule has 2 rings (SSSR count). The Morgan fingerprint density at radius 3 is 2.29 bits per heavy atom. The molecule has 1 aromatic carbocycles. The maximum absolute atomic E-state index is 5.78. The summed E-state index contributed by atoms with van der Waals surface area (Å²) in [6.07, 6.45) is 0. The normalized spacial score (nSPS) is 12.7. The Balaban J connectivity index is 2.41. The Morgan fingerprint density at radius 1 is 1.18 bits per heavy atom. The van der Waals surface area contributed by atoms with Crippen LogP contribution in [-0.4, -0.2) is 0 Å². The van der Waals surface area contributed by atoms with Crippen molar-refractivity contribution in [2.45, 2.75) is 19.9 Å². The van der Waals surface area contributed by atoms with Crippen LogP contribution in [0.25, 0.3) is 0 Å². The van der Waals surface area contributed by atoms with Crippen LogP contribution < -0.4 is 11.3 Å². The third-order valence-corrected chi connectivity index (χ3v) is 2.83. The molecular formula is C13H15ClN2O. The van der Waals surface area contributed by atoms with Crippen LogP contribution in [-0.2, 0) is 0 Å². The fourth-order valence-electron chi connectivity index (χ4n) is 2.00. The lowest BCUT2D eigenvalue weighted by Gasteiger charge is -2.15. The van der Waals surface area contributed by atoms with Gasteiger partial charge in [0.1, 0.15) is 11.8 Å². The van der Waals surface area contributed by atoms with Gasteiger partial charge in [0.15, 0.2) is 5.22 Å². The van der Waals surface area contributed by atoms with Crippen molar-refractivity contribution in [1.29, 1.82) is 0 Å². The van der Waals surface area contributed by atoms with Crippen molar-refractivity contribution >= 4 is 11.6 Å². The number of hydrogen-bond acceptors (Lipinski definition) is 3. The minimum absolute atomic E-state index is 0.180. The standard InChI is InChI=1S/C13H15ClN2O/c1-8-5-9(2)7-10(6-8)13(16-15)11-3-4-12(14)17-11/h3-7,13,16H,15H2,1-2H3. The molecule has 0 aliphatic heterocycles. The summed E-state index contributed by atoms with van der Waals surface area (Å²) in [5, 5.41) is 0.365. The lowest BCUT2D eigenvalue weighted by Crippen LogP contribution is -2.28. The second-order valence-electron chi connectivity index (χ2n) is 4.16. The van der Waals surface area contributed by atoms with Crippen molar-refractivity contribution in [3.05, 3.63) is 58.0 Å². The summed E-state index contributed by atoms with van der Waals surface area (Å²) in [6.45, 7) is 4.11. The largest absolute Gasteiger partial charge is 0.448 e. The highest BCUT2D eigenvalue weighted by Gasteiger charge is 2.16. The van der Waals surface area contributed by atoms with E-state index in [0.29, 0.717) is 11.0 Å². The van der Waals surface area contributed by atoms with E-state index < -0.39 is 0 Å². The van der Waals surface area contributed by atoms with Crippen molar-refractivity contribution in [2.75, 3.05) is 0 Å². The van der Waals surface area contributed by atoms with Gasteiger partial charge in [0.25, 0.3) is 0 Å². The molecular weight excluding hydrogens is 236 g/mol. The monoisotopic (exact) mass is 250 g/mol. The maximum Gasteiger partial charge on any atom is 0.193 e. The Kier molecular flexibility index (Phi) is 3.52. The lowest BCUT2D eigenvalue weighted by molar-refractivity contribution is 0.453.